The van der Waals surface area contributed by atoms with Gasteiger partial charge in [0.05, 0.1) is 12.8 Å². The highest BCUT2D eigenvalue weighted by atomic mass is 16.3. The molecule has 1 N–H and O–H groups in total. The van der Waals surface area contributed by atoms with Crippen LogP contribution in [0.5, 0.6) is 0 Å². The lowest BCUT2D eigenvalue weighted by molar-refractivity contribution is 0.103. The molecule has 3 nitrogen and oxygen atoms in total. The highest BCUT2D eigenvalue weighted by Crippen LogP contribution is 2.34. The van der Waals surface area contributed by atoms with Gasteiger partial charge in [-0.25, -0.2) is 0 Å². The third kappa shape index (κ3) is 4.86. The molecule has 0 aromatic carbocycles. The predicted octanol–water partition coefficient (Wildman–Crippen LogP) is 4.18. The molecule has 1 aromatic rings. The average molecular weight is 292 g/mol. The zero-order chi connectivity index (χ0) is 15.5. The van der Waals surface area contributed by atoms with E-state index in [1.54, 1.807) is 0 Å². The van der Waals surface area contributed by atoms with Crippen molar-refractivity contribution in [3.63, 3.8) is 0 Å². The summed E-state index contributed by atoms with van der Waals surface area (Å²) in [6.07, 6.45) is 5.73. The predicted molar refractivity (Wildman–Crippen MR) is 88.2 cm³/mol. The summed E-state index contributed by atoms with van der Waals surface area (Å²) >= 11 is 0. The molecule has 0 saturated carbocycles. The van der Waals surface area contributed by atoms with Gasteiger partial charge in [0.25, 0.3) is 0 Å². The molecule has 0 radical (unpaired) electrons. The van der Waals surface area contributed by atoms with E-state index in [-0.39, 0.29) is 5.54 Å². The van der Waals surface area contributed by atoms with Gasteiger partial charge in [0.1, 0.15) is 5.76 Å². The Bertz CT molecular complexity index is 436. The summed E-state index contributed by atoms with van der Waals surface area (Å²) in [5, 5.41) is 3.55. The van der Waals surface area contributed by atoms with Crippen LogP contribution in [-0.2, 0) is 13.1 Å². The number of furan rings is 1. The molecule has 2 heterocycles. The van der Waals surface area contributed by atoms with E-state index in [2.05, 4.69) is 50.9 Å². The van der Waals surface area contributed by atoms with E-state index in [0.29, 0.717) is 5.41 Å². The monoisotopic (exact) mass is 292 g/mol. The Labute approximate surface area is 130 Å². The average Bonchev–Trinajstić information content (AvgIpc) is 2.86. The lowest BCUT2D eigenvalue weighted by Gasteiger charge is -2.38. The maximum absolute atomic E-state index is 5.73. The minimum Gasteiger partial charge on any atom is -0.468 e. The molecule has 0 bridgehead atoms. The molecule has 2 rings (SSSR count). The molecule has 3 heteroatoms. The standard InChI is InChI=1S/C18H32N2O/c1-6-18(5)8-10-20(11-9-18)14-16-15(7-12-21-16)13-19-17(2,3)4/h7,12,19H,6,8-11,13-14H2,1-5H3. The van der Waals surface area contributed by atoms with Crippen LogP contribution >= 0.6 is 0 Å². The maximum Gasteiger partial charge on any atom is 0.122 e. The van der Waals surface area contributed by atoms with Gasteiger partial charge in [0.15, 0.2) is 0 Å². The first-order valence-corrected chi connectivity index (χ1v) is 8.34. The zero-order valence-electron chi connectivity index (χ0n) is 14.5. The van der Waals surface area contributed by atoms with Crippen molar-refractivity contribution in [3.05, 3.63) is 23.7 Å². The van der Waals surface area contributed by atoms with E-state index >= 15 is 0 Å². The van der Waals surface area contributed by atoms with E-state index in [1.165, 1.54) is 37.9 Å². The van der Waals surface area contributed by atoms with Crippen molar-refractivity contribution >= 4 is 0 Å². The van der Waals surface area contributed by atoms with Gasteiger partial charge in [-0.05, 0) is 58.2 Å². The van der Waals surface area contributed by atoms with E-state index in [0.717, 1.165) is 18.8 Å². The highest BCUT2D eigenvalue weighted by Gasteiger charge is 2.28. The number of nitrogens with one attached hydrogen (secondary N) is 1. The van der Waals surface area contributed by atoms with Crippen molar-refractivity contribution in [3.8, 4) is 0 Å². The highest BCUT2D eigenvalue weighted by molar-refractivity contribution is 5.17. The quantitative estimate of drug-likeness (QED) is 0.882. The fraction of sp³-hybridized carbons (Fsp3) is 0.778. The van der Waals surface area contributed by atoms with Crippen molar-refractivity contribution < 1.29 is 4.42 Å². The van der Waals surface area contributed by atoms with Gasteiger partial charge < -0.3 is 9.73 Å². The van der Waals surface area contributed by atoms with Crippen molar-refractivity contribution in [2.24, 2.45) is 5.41 Å². The van der Waals surface area contributed by atoms with Crippen LogP contribution in [0.4, 0.5) is 0 Å². The number of nitrogens with zero attached hydrogens (tertiary/aromatic N) is 1. The molecule has 1 aliphatic heterocycles. The molecule has 0 aliphatic carbocycles. The summed E-state index contributed by atoms with van der Waals surface area (Å²) in [5.41, 5.74) is 1.99. The number of rotatable bonds is 5. The fourth-order valence-corrected chi connectivity index (χ4v) is 2.83. The summed E-state index contributed by atoms with van der Waals surface area (Å²) in [6.45, 7) is 15.6. The third-order valence-electron chi connectivity index (χ3n) is 4.93. The second-order valence-corrected chi connectivity index (χ2v) is 7.91. The summed E-state index contributed by atoms with van der Waals surface area (Å²) < 4.78 is 5.73. The van der Waals surface area contributed by atoms with Crippen LogP contribution < -0.4 is 5.32 Å². The van der Waals surface area contributed by atoms with E-state index in [9.17, 15) is 0 Å². The number of likely N-dealkylation sites (tertiary alicyclic amines) is 1. The van der Waals surface area contributed by atoms with Gasteiger partial charge in [0.2, 0.25) is 0 Å². The van der Waals surface area contributed by atoms with Gasteiger partial charge in [-0.2, -0.15) is 0 Å². The second-order valence-electron chi connectivity index (χ2n) is 7.91. The second kappa shape index (κ2) is 6.53. The fourth-order valence-electron chi connectivity index (χ4n) is 2.83. The van der Waals surface area contributed by atoms with Crippen molar-refractivity contribution in [1.82, 2.24) is 10.2 Å². The van der Waals surface area contributed by atoms with Gasteiger partial charge in [-0.3, -0.25) is 4.90 Å². The van der Waals surface area contributed by atoms with Crippen LogP contribution in [0.25, 0.3) is 0 Å². The third-order valence-corrected chi connectivity index (χ3v) is 4.93. The molecule has 120 valence electrons. The first-order chi connectivity index (χ1) is 9.81. The number of hydrogen-bond donors (Lipinski definition) is 1. The minimum atomic E-state index is 0.141. The molecule has 1 fully saturated rings. The SMILES string of the molecule is CCC1(C)CCN(Cc2occc2CNC(C)(C)C)CC1. The van der Waals surface area contributed by atoms with Crippen molar-refractivity contribution in [2.45, 2.75) is 72.5 Å². The minimum absolute atomic E-state index is 0.141. The molecule has 1 aromatic heterocycles. The topological polar surface area (TPSA) is 28.4 Å². The Balaban J connectivity index is 1.88. The Hall–Kier alpha value is -0.800. The zero-order valence-corrected chi connectivity index (χ0v) is 14.5. The lowest BCUT2D eigenvalue weighted by atomic mass is 9.78. The van der Waals surface area contributed by atoms with Crippen LogP contribution in [0.1, 0.15) is 65.2 Å². The van der Waals surface area contributed by atoms with Crippen LogP contribution in [0.15, 0.2) is 16.7 Å². The number of hydrogen-bond acceptors (Lipinski definition) is 3. The van der Waals surface area contributed by atoms with Crippen LogP contribution in [-0.4, -0.2) is 23.5 Å². The molecule has 1 aliphatic rings. The summed E-state index contributed by atoms with van der Waals surface area (Å²) in [5.74, 6) is 1.13. The van der Waals surface area contributed by atoms with E-state index in [4.69, 9.17) is 4.42 Å². The number of piperidine rings is 1. The van der Waals surface area contributed by atoms with Crippen molar-refractivity contribution in [2.75, 3.05) is 13.1 Å². The van der Waals surface area contributed by atoms with E-state index < -0.39 is 0 Å². The first kappa shape index (κ1) is 16.6. The first-order valence-electron chi connectivity index (χ1n) is 8.34. The van der Waals surface area contributed by atoms with Crippen LogP contribution in [0, 0.1) is 5.41 Å². The van der Waals surface area contributed by atoms with Gasteiger partial charge >= 0.3 is 0 Å². The van der Waals surface area contributed by atoms with Crippen LogP contribution in [0.3, 0.4) is 0 Å². The molecular formula is C18H32N2O. The molecule has 21 heavy (non-hydrogen) atoms. The Morgan fingerprint density at radius 1 is 1.29 bits per heavy atom. The normalized spacial score (nSPS) is 19.9. The lowest BCUT2D eigenvalue weighted by Crippen LogP contribution is -2.38. The Kier molecular flexibility index (Phi) is 5.15. The molecule has 0 spiro atoms. The summed E-state index contributed by atoms with van der Waals surface area (Å²) in [6, 6.07) is 2.11. The summed E-state index contributed by atoms with van der Waals surface area (Å²) in [4.78, 5) is 2.54. The summed E-state index contributed by atoms with van der Waals surface area (Å²) in [7, 11) is 0. The van der Waals surface area contributed by atoms with Gasteiger partial charge in [-0.15, -0.1) is 0 Å². The smallest absolute Gasteiger partial charge is 0.122 e. The van der Waals surface area contributed by atoms with Crippen LogP contribution in [0.2, 0.25) is 0 Å². The van der Waals surface area contributed by atoms with Gasteiger partial charge in [0, 0.05) is 17.6 Å². The van der Waals surface area contributed by atoms with E-state index in [1.807, 2.05) is 6.26 Å². The maximum atomic E-state index is 5.73. The largest absolute Gasteiger partial charge is 0.468 e. The molecular weight excluding hydrogens is 260 g/mol. The Morgan fingerprint density at radius 2 is 1.95 bits per heavy atom. The van der Waals surface area contributed by atoms with Crippen molar-refractivity contribution in [1.29, 1.82) is 0 Å². The molecule has 0 atom stereocenters. The molecule has 0 amide bonds. The molecule has 1 saturated heterocycles. The molecule has 0 unspecified atom stereocenters. The Morgan fingerprint density at radius 3 is 2.52 bits per heavy atom. The van der Waals surface area contributed by atoms with Gasteiger partial charge in [-0.1, -0.05) is 20.3 Å².